The summed E-state index contributed by atoms with van der Waals surface area (Å²) >= 11 is -0.340. The summed E-state index contributed by atoms with van der Waals surface area (Å²) in [6, 6.07) is 0. The van der Waals surface area contributed by atoms with Crippen LogP contribution in [-0.2, 0) is 23.2 Å². The van der Waals surface area contributed by atoms with Gasteiger partial charge in [-0.3, -0.25) is 0 Å². The predicted octanol–water partition coefficient (Wildman–Crippen LogP) is -2.74. The molecule has 72 valence electrons. The molecule has 0 aliphatic heterocycles. The smallest absolute Gasteiger partial charge is 1.00 e. The first-order valence-electron chi connectivity index (χ1n) is 3.73. The van der Waals surface area contributed by atoms with Crippen molar-refractivity contribution in [3.05, 3.63) is 44.0 Å². The van der Waals surface area contributed by atoms with E-state index in [2.05, 4.69) is 31.9 Å². The molecular formula is C10H14Cl2Zr. The molecule has 0 heterocycles. The molecule has 0 bridgehead atoms. The van der Waals surface area contributed by atoms with Gasteiger partial charge in [0.1, 0.15) is 0 Å². The van der Waals surface area contributed by atoms with Gasteiger partial charge in [0.25, 0.3) is 0 Å². The largest absolute Gasteiger partial charge is 1.00 e. The Bertz CT molecular complexity index is 161. The Morgan fingerprint density at radius 1 is 0.692 bits per heavy atom. The molecule has 0 saturated carbocycles. The summed E-state index contributed by atoms with van der Waals surface area (Å²) < 4.78 is 4.59. The quantitative estimate of drug-likeness (QED) is 0.494. The molecule has 13 heavy (non-hydrogen) atoms. The Morgan fingerprint density at radius 2 is 1.08 bits per heavy atom. The Kier molecular flexibility index (Phi) is 26.8. The van der Waals surface area contributed by atoms with E-state index in [4.69, 9.17) is 0 Å². The number of hydrogen-bond donors (Lipinski definition) is 0. The van der Waals surface area contributed by atoms with Crippen LogP contribution in [0.25, 0.3) is 0 Å². The van der Waals surface area contributed by atoms with Gasteiger partial charge in [-0.2, -0.15) is 0 Å². The fraction of sp³-hybridized carbons (Fsp3) is 0.200. The van der Waals surface area contributed by atoms with Gasteiger partial charge in [0, 0.05) is 0 Å². The number of halogens is 2. The van der Waals surface area contributed by atoms with Gasteiger partial charge >= 0.3 is 81.1 Å². The van der Waals surface area contributed by atoms with Crippen LogP contribution in [0.15, 0.2) is 44.0 Å². The van der Waals surface area contributed by atoms with Crippen molar-refractivity contribution < 1.29 is 48.0 Å². The molecule has 0 spiro atoms. The molecule has 0 N–H and O–H groups in total. The number of rotatable bonds is 4. The van der Waals surface area contributed by atoms with Crippen molar-refractivity contribution in [3.8, 4) is 0 Å². The zero-order chi connectivity index (χ0) is 8.36. The van der Waals surface area contributed by atoms with Crippen molar-refractivity contribution in [2.75, 3.05) is 0 Å². The third kappa shape index (κ3) is 19.0. The second-order valence-corrected chi connectivity index (χ2v) is 4.39. The van der Waals surface area contributed by atoms with E-state index in [0.717, 1.165) is 0 Å². The zero-order valence-electron chi connectivity index (χ0n) is 7.87. The summed E-state index contributed by atoms with van der Waals surface area (Å²) in [5, 5.41) is 0. The Labute approximate surface area is 105 Å². The van der Waals surface area contributed by atoms with Crippen molar-refractivity contribution in [2.45, 2.75) is 13.8 Å². The van der Waals surface area contributed by atoms with Gasteiger partial charge in [-0.25, -0.2) is 0 Å². The van der Waals surface area contributed by atoms with Crippen LogP contribution >= 0.6 is 0 Å². The second-order valence-electron chi connectivity index (χ2n) is 1.94. The van der Waals surface area contributed by atoms with E-state index in [1.54, 1.807) is 0 Å². The van der Waals surface area contributed by atoms with Crippen molar-refractivity contribution in [3.63, 3.8) is 0 Å². The molecule has 0 nitrogen and oxygen atoms in total. The normalized spacial score (nSPS) is 10.6. The van der Waals surface area contributed by atoms with Gasteiger partial charge in [-0.1, -0.05) is 0 Å². The van der Waals surface area contributed by atoms with Crippen LogP contribution in [0.2, 0.25) is 0 Å². The van der Waals surface area contributed by atoms with Crippen LogP contribution in [-0.4, -0.2) is 0 Å². The van der Waals surface area contributed by atoms with Gasteiger partial charge < -0.3 is 24.8 Å². The maximum atomic E-state index is 2.30. The first kappa shape index (κ1) is 19.1. The zero-order valence-corrected chi connectivity index (χ0v) is 11.8. The molecule has 0 aromatic carbocycles. The molecular weight excluding hydrogens is 282 g/mol. The molecule has 0 aromatic rings. The summed E-state index contributed by atoms with van der Waals surface area (Å²) in [6.07, 6.45) is 12.5. The topological polar surface area (TPSA) is 0 Å². The van der Waals surface area contributed by atoms with Crippen molar-refractivity contribution in [2.24, 2.45) is 0 Å². The van der Waals surface area contributed by atoms with E-state index in [-0.39, 0.29) is 48.0 Å². The van der Waals surface area contributed by atoms with Crippen LogP contribution in [0.5, 0.6) is 0 Å². The van der Waals surface area contributed by atoms with Gasteiger partial charge in [0.2, 0.25) is 0 Å². The van der Waals surface area contributed by atoms with Crippen molar-refractivity contribution >= 4 is 0 Å². The minimum Gasteiger partial charge on any atom is -1.00 e. The van der Waals surface area contributed by atoms with Crippen LogP contribution in [0, 0.1) is 0 Å². The molecule has 0 atom stereocenters. The minimum atomic E-state index is -0.340. The summed E-state index contributed by atoms with van der Waals surface area (Å²) in [4.78, 5) is 0. The first-order valence-corrected chi connectivity index (χ1v) is 6.57. The maximum absolute atomic E-state index is 2.30. The molecule has 0 aliphatic rings. The van der Waals surface area contributed by atoms with Gasteiger partial charge in [0.05, 0.1) is 0 Å². The molecule has 0 rings (SSSR count). The number of allylic oxidation sites excluding steroid dienone is 6. The SMILES string of the molecule is CC=CC=[CH][Zr+2][CH]=CC=CC.[Cl-].[Cl-]. The molecule has 0 aliphatic carbocycles. The van der Waals surface area contributed by atoms with Gasteiger partial charge in [-0.05, 0) is 0 Å². The maximum Gasteiger partial charge on any atom is -1.00 e. The fourth-order valence-electron chi connectivity index (χ4n) is 0.500. The average molecular weight is 296 g/mol. The van der Waals surface area contributed by atoms with Crippen molar-refractivity contribution in [1.82, 2.24) is 0 Å². The third-order valence-corrected chi connectivity index (χ3v) is 2.88. The van der Waals surface area contributed by atoms with Crippen molar-refractivity contribution in [1.29, 1.82) is 0 Å². The molecule has 0 fully saturated rings. The summed E-state index contributed by atoms with van der Waals surface area (Å²) in [5.41, 5.74) is 0. The van der Waals surface area contributed by atoms with E-state index in [9.17, 15) is 0 Å². The molecule has 0 radical (unpaired) electrons. The van der Waals surface area contributed by atoms with E-state index in [0.29, 0.717) is 0 Å². The third-order valence-electron chi connectivity index (χ3n) is 0.992. The van der Waals surface area contributed by atoms with E-state index >= 15 is 0 Å². The van der Waals surface area contributed by atoms with Crippen LogP contribution in [0.1, 0.15) is 13.8 Å². The fourth-order valence-corrected chi connectivity index (χ4v) is 1.87. The molecule has 0 amide bonds. The minimum absolute atomic E-state index is 0. The molecule has 0 unspecified atom stereocenters. The second kappa shape index (κ2) is 18.3. The summed E-state index contributed by atoms with van der Waals surface area (Å²) in [7, 11) is 0. The number of hydrogen-bond acceptors (Lipinski definition) is 0. The Morgan fingerprint density at radius 3 is 1.38 bits per heavy atom. The predicted molar refractivity (Wildman–Crippen MR) is 47.9 cm³/mol. The van der Waals surface area contributed by atoms with E-state index in [1.165, 1.54) is 0 Å². The van der Waals surface area contributed by atoms with E-state index < -0.39 is 0 Å². The molecule has 3 heteroatoms. The Balaban J connectivity index is -0.000000500. The van der Waals surface area contributed by atoms with Gasteiger partial charge in [-0.15, -0.1) is 0 Å². The first-order chi connectivity index (χ1) is 5.41. The van der Waals surface area contributed by atoms with Crippen LogP contribution < -0.4 is 24.8 Å². The van der Waals surface area contributed by atoms with Crippen LogP contribution in [0.3, 0.4) is 0 Å². The van der Waals surface area contributed by atoms with E-state index in [1.807, 2.05) is 26.0 Å². The van der Waals surface area contributed by atoms with Gasteiger partial charge in [0.15, 0.2) is 0 Å². The summed E-state index contributed by atoms with van der Waals surface area (Å²) in [5.74, 6) is 0. The van der Waals surface area contributed by atoms with Crippen LogP contribution in [0.4, 0.5) is 0 Å². The average Bonchev–Trinajstić information content (AvgIpc) is 2.03. The monoisotopic (exact) mass is 294 g/mol. The molecule has 0 saturated heterocycles. The Hall–Kier alpha value is 0.423. The molecule has 0 aromatic heterocycles. The standard InChI is InChI=1S/2C5H7.2ClH.Zr/c2*1-3-5-4-2;;;/h2*1,3-5H,2H3;2*1H;/q;;;;+2/p-2. The summed E-state index contributed by atoms with van der Waals surface area (Å²) in [6.45, 7) is 4.07.